The second kappa shape index (κ2) is 9.38. The first kappa shape index (κ1) is 20.0. The number of rotatable bonds is 5. The number of aliphatic imine (C=N–C) groups is 1. The summed E-state index contributed by atoms with van der Waals surface area (Å²) in [5.41, 5.74) is 0.0727. The summed E-state index contributed by atoms with van der Waals surface area (Å²) in [7, 11) is 5.74. The van der Waals surface area contributed by atoms with Crippen molar-refractivity contribution in [1.82, 2.24) is 15.1 Å². The number of hydrogen-bond acceptors (Lipinski definition) is 5. The van der Waals surface area contributed by atoms with E-state index in [1.54, 1.807) is 0 Å². The molecule has 0 amide bonds. The van der Waals surface area contributed by atoms with Gasteiger partial charge in [0.1, 0.15) is 0 Å². The zero-order valence-corrected chi connectivity index (χ0v) is 16.2. The molecule has 2 heterocycles. The van der Waals surface area contributed by atoms with Crippen LogP contribution in [0.2, 0.25) is 0 Å². The van der Waals surface area contributed by atoms with E-state index in [0.29, 0.717) is 0 Å². The molecule has 0 bridgehead atoms. The summed E-state index contributed by atoms with van der Waals surface area (Å²) in [6.45, 7) is 6.97. The number of ether oxygens (including phenoxy) is 2. The third kappa shape index (κ3) is 5.07. The molecule has 0 aromatic heterocycles. The predicted octanol–water partition coefficient (Wildman–Crippen LogP) is 0.948. The Morgan fingerprint density at radius 2 is 1.96 bits per heavy atom. The first-order valence-corrected chi connectivity index (χ1v) is 9.38. The maximum Gasteiger partial charge on any atom is 0.308 e. The van der Waals surface area contributed by atoms with E-state index in [2.05, 4.69) is 36.1 Å². The van der Waals surface area contributed by atoms with E-state index >= 15 is 0 Å². The standard InChI is InChI=1S/C18H34N4O3/c1-5-19-17(22-10-6-15(7-11-22)16(23)24-4)20-14-18(21(2)3)8-12-25-13-9-18/h15H,5-14H2,1-4H3,(H,19,20). The van der Waals surface area contributed by atoms with Gasteiger partial charge in [-0.25, -0.2) is 0 Å². The van der Waals surface area contributed by atoms with Gasteiger partial charge in [0, 0.05) is 38.4 Å². The highest BCUT2D eigenvalue weighted by molar-refractivity contribution is 5.80. The number of esters is 1. The molecule has 0 aromatic carbocycles. The van der Waals surface area contributed by atoms with Gasteiger partial charge in [0.2, 0.25) is 0 Å². The number of carbonyl (C=O) groups excluding carboxylic acids is 1. The molecule has 7 heteroatoms. The highest BCUT2D eigenvalue weighted by Crippen LogP contribution is 2.26. The second-order valence-electron chi connectivity index (χ2n) is 7.19. The van der Waals surface area contributed by atoms with E-state index in [-0.39, 0.29) is 17.4 Å². The van der Waals surface area contributed by atoms with Gasteiger partial charge in [-0.2, -0.15) is 0 Å². The summed E-state index contributed by atoms with van der Waals surface area (Å²) in [5, 5.41) is 3.42. The van der Waals surface area contributed by atoms with Crippen LogP contribution < -0.4 is 5.32 Å². The molecular formula is C18H34N4O3. The highest BCUT2D eigenvalue weighted by atomic mass is 16.5. The van der Waals surface area contributed by atoms with Crippen LogP contribution in [0.15, 0.2) is 4.99 Å². The van der Waals surface area contributed by atoms with Crippen LogP contribution in [-0.4, -0.2) is 87.9 Å². The Hall–Kier alpha value is -1.34. The molecule has 0 atom stereocenters. The smallest absolute Gasteiger partial charge is 0.308 e. The molecule has 7 nitrogen and oxygen atoms in total. The Bertz CT molecular complexity index is 453. The van der Waals surface area contributed by atoms with Crippen molar-refractivity contribution in [2.24, 2.45) is 10.9 Å². The molecule has 0 aromatic rings. The molecular weight excluding hydrogens is 320 g/mol. The van der Waals surface area contributed by atoms with Crippen LogP contribution in [0, 0.1) is 5.92 Å². The van der Waals surface area contributed by atoms with Crippen molar-refractivity contribution in [2.45, 2.75) is 38.1 Å². The molecule has 2 rings (SSSR count). The summed E-state index contributed by atoms with van der Waals surface area (Å²) in [4.78, 5) is 21.2. The van der Waals surface area contributed by atoms with Gasteiger partial charge in [-0.15, -0.1) is 0 Å². The van der Waals surface area contributed by atoms with E-state index in [0.717, 1.165) is 71.0 Å². The van der Waals surface area contributed by atoms with Gasteiger partial charge < -0.3 is 24.6 Å². The van der Waals surface area contributed by atoms with E-state index in [4.69, 9.17) is 14.5 Å². The molecule has 0 unspecified atom stereocenters. The number of methoxy groups -OCH3 is 1. The van der Waals surface area contributed by atoms with Crippen LogP contribution in [0.25, 0.3) is 0 Å². The quantitative estimate of drug-likeness (QED) is 0.450. The number of carbonyl (C=O) groups is 1. The van der Waals surface area contributed by atoms with Crippen molar-refractivity contribution in [3.8, 4) is 0 Å². The molecule has 2 aliphatic rings. The molecule has 0 radical (unpaired) electrons. The Balaban J connectivity index is 2.02. The molecule has 0 spiro atoms. The SMILES string of the molecule is CCNC(=NCC1(N(C)C)CCOCC1)N1CCC(C(=O)OC)CC1. The van der Waals surface area contributed by atoms with E-state index in [9.17, 15) is 4.79 Å². The average Bonchev–Trinajstić information content (AvgIpc) is 2.65. The van der Waals surface area contributed by atoms with Crippen LogP contribution in [0.3, 0.4) is 0 Å². The summed E-state index contributed by atoms with van der Waals surface area (Å²) >= 11 is 0. The van der Waals surface area contributed by atoms with Crippen LogP contribution in [0.4, 0.5) is 0 Å². The van der Waals surface area contributed by atoms with Gasteiger partial charge in [0.05, 0.1) is 19.6 Å². The number of likely N-dealkylation sites (tertiary alicyclic amines) is 1. The Morgan fingerprint density at radius 1 is 1.32 bits per heavy atom. The lowest BCUT2D eigenvalue weighted by molar-refractivity contribution is -0.146. The number of guanidine groups is 1. The minimum atomic E-state index is -0.0876. The van der Waals surface area contributed by atoms with Gasteiger partial charge in [-0.05, 0) is 46.7 Å². The molecule has 25 heavy (non-hydrogen) atoms. The second-order valence-corrected chi connectivity index (χ2v) is 7.19. The minimum Gasteiger partial charge on any atom is -0.469 e. The van der Waals surface area contributed by atoms with Crippen molar-refractivity contribution < 1.29 is 14.3 Å². The number of nitrogens with one attached hydrogen (secondary N) is 1. The molecule has 2 saturated heterocycles. The Kier molecular flexibility index (Phi) is 7.50. The van der Waals surface area contributed by atoms with Crippen molar-refractivity contribution in [2.75, 3.05) is 60.6 Å². The van der Waals surface area contributed by atoms with Crippen molar-refractivity contribution >= 4 is 11.9 Å². The zero-order chi connectivity index (χ0) is 18.3. The fraction of sp³-hybridized carbons (Fsp3) is 0.889. The molecule has 2 fully saturated rings. The lowest BCUT2D eigenvalue weighted by Gasteiger charge is -2.42. The van der Waals surface area contributed by atoms with Crippen LogP contribution in [-0.2, 0) is 14.3 Å². The summed E-state index contributed by atoms with van der Waals surface area (Å²) < 4.78 is 10.4. The third-order valence-corrected chi connectivity index (χ3v) is 5.56. The Morgan fingerprint density at radius 3 is 2.48 bits per heavy atom. The first-order valence-electron chi connectivity index (χ1n) is 9.38. The zero-order valence-electron chi connectivity index (χ0n) is 16.2. The number of hydrogen-bond donors (Lipinski definition) is 1. The van der Waals surface area contributed by atoms with Gasteiger partial charge in [-0.3, -0.25) is 9.79 Å². The molecule has 1 N–H and O–H groups in total. The topological polar surface area (TPSA) is 66.4 Å². The number of piperidine rings is 1. The number of likely N-dealkylation sites (N-methyl/N-ethyl adjacent to an activating group) is 1. The van der Waals surface area contributed by atoms with Crippen LogP contribution in [0.1, 0.15) is 32.6 Å². The van der Waals surface area contributed by atoms with Gasteiger partial charge in [0.15, 0.2) is 5.96 Å². The van der Waals surface area contributed by atoms with Crippen LogP contribution >= 0.6 is 0 Å². The van der Waals surface area contributed by atoms with Gasteiger partial charge in [0.25, 0.3) is 0 Å². The normalized spacial score (nSPS) is 22.1. The minimum absolute atomic E-state index is 0.0211. The number of nitrogens with zero attached hydrogens (tertiary/aromatic N) is 3. The van der Waals surface area contributed by atoms with E-state index in [1.165, 1.54) is 7.11 Å². The average molecular weight is 354 g/mol. The molecule has 0 aliphatic carbocycles. The van der Waals surface area contributed by atoms with Crippen molar-refractivity contribution in [3.63, 3.8) is 0 Å². The summed E-state index contributed by atoms with van der Waals surface area (Å²) in [5.74, 6) is 0.890. The lowest BCUT2D eigenvalue weighted by atomic mass is 9.89. The fourth-order valence-electron chi connectivity index (χ4n) is 3.64. The lowest BCUT2D eigenvalue weighted by Crippen LogP contribution is -2.52. The van der Waals surface area contributed by atoms with Crippen LogP contribution in [0.5, 0.6) is 0 Å². The maximum absolute atomic E-state index is 11.7. The monoisotopic (exact) mass is 354 g/mol. The largest absolute Gasteiger partial charge is 0.469 e. The van der Waals surface area contributed by atoms with E-state index in [1.807, 2.05) is 0 Å². The summed E-state index contributed by atoms with van der Waals surface area (Å²) in [6, 6.07) is 0. The fourth-order valence-corrected chi connectivity index (χ4v) is 3.64. The predicted molar refractivity (Wildman–Crippen MR) is 98.8 cm³/mol. The van der Waals surface area contributed by atoms with Crippen molar-refractivity contribution in [1.29, 1.82) is 0 Å². The van der Waals surface area contributed by atoms with Gasteiger partial charge in [-0.1, -0.05) is 0 Å². The van der Waals surface area contributed by atoms with Crippen molar-refractivity contribution in [3.05, 3.63) is 0 Å². The maximum atomic E-state index is 11.7. The molecule has 144 valence electrons. The van der Waals surface area contributed by atoms with Gasteiger partial charge >= 0.3 is 5.97 Å². The van der Waals surface area contributed by atoms with E-state index < -0.39 is 0 Å². The summed E-state index contributed by atoms with van der Waals surface area (Å²) in [6.07, 6.45) is 3.66. The molecule has 0 saturated carbocycles. The molecule has 2 aliphatic heterocycles. The first-order chi connectivity index (χ1) is 12.0. The highest BCUT2D eigenvalue weighted by Gasteiger charge is 2.35. The third-order valence-electron chi connectivity index (χ3n) is 5.56. The Labute approximate surface area is 151 Å².